The van der Waals surface area contributed by atoms with E-state index in [4.69, 9.17) is 16.3 Å². The van der Waals surface area contributed by atoms with E-state index >= 15 is 0 Å². The molecule has 2 rings (SSSR count). The summed E-state index contributed by atoms with van der Waals surface area (Å²) < 4.78 is 4.72. The second-order valence-electron chi connectivity index (χ2n) is 5.05. The van der Waals surface area contributed by atoms with E-state index in [0.29, 0.717) is 18.3 Å². The average molecular weight is 267 g/mol. The lowest BCUT2D eigenvalue weighted by Gasteiger charge is -2.28. The Kier molecular flexibility index (Phi) is 4.65. The maximum atomic E-state index is 11.2. The van der Waals surface area contributed by atoms with E-state index in [1.165, 1.54) is 12.7 Å². The minimum Gasteiger partial charge on any atom is -0.469 e. The zero-order valence-electron chi connectivity index (χ0n) is 10.7. The number of hydrogen-bond donors (Lipinski definition) is 0. The highest BCUT2D eigenvalue weighted by atomic mass is 35.5. The first-order valence-electron chi connectivity index (χ1n) is 6.51. The molecule has 18 heavy (non-hydrogen) atoms. The van der Waals surface area contributed by atoms with Crippen molar-refractivity contribution < 1.29 is 9.53 Å². The minimum atomic E-state index is -0.0788. The van der Waals surface area contributed by atoms with Gasteiger partial charge in [-0.3, -0.25) is 4.79 Å². The van der Waals surface area contributed by atoms with E-state index in [1.54, 1.807) is 0 Å². The normalized spacial score (nSPS) is 23.7. The van der Waals surface area contributed by atoms with Gasteiger partial charge in [-0.2, -0.15) is 0 Å². The number of methoxy groups -OCH3 is 1. The Morgan fingerprint density at radius 3 is 2.39 bits per heavy atom. The van der Waals surface area contributed by atoms with Crippen molar-refractivity contribution in [2.45, 2.75) is 38.0 Å². The molecule has 0 aliphatic heterocycles. The van der Waals surface area contributed by atoms with Crippen molar-refractivity contribution >= 4 is 17.6 Å². The average Bonchev–Trinajstić information content (AvgIpc) is 2.40. The first-order valence-corrected chi connectivity index (χ1v) is 6.89. The van der Waals surface area contributed by atoms with Crippen molar-refractivity contribution in [1.82, 2.24) is 0 Å². The Hall–Kier alpha value is -1.02. The van der Waals surface area contributed by atoms with Crippen LogP contribution in [0.1, 0.15) is 43.6 Å². The largest absolute Gasteiger partial charge is 0.469 e. The van der Waals surface area contributed by atoms with Crippen molar-refractivity contribution in [1.29, 1.82) is 0 Å². The first-order chi connectivity index (χ1) is 8.69. The van der Waals surface area contributed by atoms with Gasteiger partial charge in [0.2, 0.25) is 0 Å². The van der Waals surface area contributed by atoms with Crippen molar-refractivity contribution in [3.05, 3.63) is 34.9 Å². The topological polar surface area (TPSA) is 26.3 Å². The Morgan fingerprint density at radius 1 is 1.22 bits per heavy atom. The monoisotopic (exact) mass is 266 g/mol. The number of benzene rings is 1. The maximum absolute atomic E-state index is 11.2. The van der Waals surface area contributed by atoms with Gasteiger partial charge in [0, 0.05) is 11.4 Å². The van der Waals surface area contributed by atoms with Crippen LogP contribution in [-0.4, -0.2) is 13.1 Å². The van der Waals surface area contributed by atoms with Crippen LogP contribution in [-0.2, 0) is 9.53 Å². The molecule has 2 nitrogen and oxygen atoms in total. The van der Waals surface area contributed by atoms with Crippen LogP contribution in [0.25, 0.3) is 0 Å². The lowest BCUT2D eigenvalue weighted by molar-refractivity contribution is -0.142. The Balaban J connectivity index is 1.86. The molecule has 0 amide bonds. The summed E-state index contributed by atoms with van der Waals surface area (Å²) in [5.74, 6) is 1.04. The number of hydrogen-bond acceptors (Lipinski definition) is 2. The second-order valence-corrected chi connectivity index (χ2v) is 5.49. The van der Waals surface area contributed by atoms with Crippen LogP contribution in [0.4, 0.5) is 0 Å². The molecule has 0 N–H and O–H groups in total. The standard InChI is InChI=1S/C15H19ClO2/c1-18-15(17)10-11-2-4-12(5-3-11)13-6-8-14(16)9-7-13/h6-9,11-12H,2-5,10H2,1H3. The van der Waals surface area contributed by atoms with E-state index in [2.05, 4.69) is 12.1 Å². The van der Waals surface area contributed by atoms with Gasteiger partial charge in [0.1, 0.15) is 0 Å². The van der Waals surface area contributed by atoms with Crippen molar-refractivity contribution in [3.63, 3.8) is 0 Å². The molecule has 1 saturated carbocycles. The summed E-state index contributed by atoms with van der Waals surface area (Å²) in [7, 11) is 1.46. The molecule has 0 aromatic heterocycles. The number of carbonyl (C=O) groups excluding carboxylic acids is 1. The molecule has 1 aromatic rings. The third-order valence-corrected chi connectivity index (χ3v) is 4.12. The molecule has 0 bridgehead atoms. The molecule has 3 heteroatoms. The van der Waals surface area contributed by atoms with E-state index in [1.807, 2.05) is 12.1 Å². The molecule has 1 aliphatic rings. The summed E-state index contributed by atoms with van der Waals surface area (Å²) in [6, 6.07) is 8.15. The maximum Gasteiger partial charge on any atom is 0.305 e. The van der Waals surface area contributed by atoms with Crippen LogP contribution < -0.4 is 0 Å². The highest BCUT2D eigenvalue weighted by Gasteiger charge is 2.24. The summed E-state index contributed by atoms with van der Waals surface area (Å²) in [5.41, 5.74) is 1.37. The Morgan fingerprint density at radius 2 is 1.83 bits per heavy atom. The summed E-state index contributed by atoms with van der Waals surface area (Å²) in [6.45, 7) is 0. The minimum absolute atomic E-state index is 0.0788. The van der Waals surface area contributed by atoms with Gasteiger partial charge >= 0.3 is 5.97 Å². The SMILES string of the molecule is COC(=O)CC1CCC(c2ccc(Cl)cc2)CC1. The Bertz CT molecular complexity index is 391. The van der Waals surface area contributed by atoms with Crippen molar-refractivity contribution in [3.8, 4) is 0 Å². The lowest BCUT2D eigenvalue weighted by atomic mass is 9.77. The fourth-order valence-corrected chi connectivity index (χ4v) is 2.88. The van der Waals surface area contributed by atoms with Gasteiger partial charge < -0.3 is 4.74 Å². The molecule has 98 valence electrons. The third-order valence-electron chi connectivity index (χ3n) is 3.87. The summed E-state index contributed by atoms with van der Waals surface area (Å²) in [5, 5.41) is 0.790. The third kappa shape index (κ3) is 3.49. The molecular formula is C15H19ClO2. The number of carbonyl (C=O) groups is 1. The quantitative estimate of drug-likeness (QED) is 0.768. The van der Waals surface area contributed by atoms with Crippen molar-refractivity contribution in [2.75, 3.05) is 7.11 Å². The van der Waals surface area contributed by atoms with E-state index < -0.39 is 0 Å². The number of esters is 1. The lowest BCUT2D eigenvalue weighted by Crippen LogP contribution is -2.17. The van der Waals surface area contributed by atoms with Crippen LogP contribution in [0.15, 0.2) is 24.3 Å². The fourth-order valence-electron chi connectivity index (χ4n) is 2.75. The van der Waals surface area contributed by atoms with Crippen LogP contribution in [0.3, 0.4) is 0 Å². The van der Waals surface area contributed by atoms with Crippen LogP contribution in [0, 0.1) is 5.92 Å². The molecule has 1 aromatic carbocycles. The smallest absolute Gasteiger partial charge is 0.305 e. The summed E-state index contributed by atoms with van der Waals surface area (Å²) in [6.07, 6.45) is 5.11. The van der Waals surface area contributed by atoms with Gasteiger partial charge in [-0.25, -0.2) is 0 Å². The highest BCUT2D eigenvalue weighted by Crippen LogP contribution is 2.37. The van der Waals surface area contributed by atoms with E-state index in [-0.39, 0.29) is 5.97 Å². The molecular weight excluding hydrogens is 248 g/mol. The van der Waals surface area contributed by atoms with Gasteiger partial charge in [-0.1, -0.05) is 23.7 Å². The molecule has 0 radical (unpaired) electrons. The van der Waals surface area contributed by atoms with Gasteiger partial charge in [0.25, 0.3) is 0 Å². The molecule has 0 saturated heterocycles. The number of halogens is 1. The number of rotatable bonds is 3. The van der Waals surface area contributed by atoms with Gasteiger partial charge in [-0.05, 0) is 55.2 Å². The first kappa shape index (κ1) is 13.4. The molecule has 0 heterocycles. The molecule has 1 aliphatic carbocycles. The Labute approximate surface area is 113 Å². The van der Waals surface area contributed by atoms with E-state index in [0.717, 1.165) is 30.7 Å². The van der Waals surface area contributed by atoms with Gasteiger partial charge in [0.05, 0.1) is 7.11 Å². The zero-order valence-corrected chi connectivity index (χ0v) is 11.5. The van der Waals surface area contributed by atoms with Gasteiger partial charge in [-0.15, -0.1) is 0 Å². The summed E-state index contributed by atoms with van der Waals surface area (Å²) in [4.78, 5) is 11.2. The van der Waals surface area contributed by atoms with Crippen molar-refractivity contribution in [2.24, 2.45) is 5.92 Å². The van der Waals surface area contributed by atoms with Crippen LogP contribution in [0.5, 0.6) is 0 Å². The predicted octanol–water partition coefficient (Wildman–Crippen LogP) is 4.18. The molecule has 0 spiro atoms. The van der Waals surface area contributed by atoms with Crippen LogP contribution in [0.2, 0.25) is 5.02 Å². The molecule has 0 atom stereocenters. The predicted molar refractivity (Wildman–Crippen MR) is 72.8 cm³/mol. The van der Waals surface area contributed by atoms with Crippen LogP contribution >= 0.6 is 11.6 Å². The zero-order chi connectivity index (χ0) is 13.0. The van der Waals surface area contributed by atoms with Gasteiger partial charge in [0.15, 0.2) is 0 Å². The molecule has 1 fully saturated rings. The molecule has 0 unspecified atom stereocenters. The summed E-state index contributed by atoms with van der Waals surface area (Å²) >= 11 is 5.90. The highest BCUT2D eigenvalue weighted by molar-refractivity contribution is 6.30. The second kappa shape index (κ2) is 6.24. The van der Waals surface area contributed by atoms with E-state index in [9.17, 15) is 4.79 Å². The number of ether oxygens (including phenoxy) is 1. The fraction of sp³-hybridized carbons (Fsp3) is 0.533.